The van der Waals surface area contributed by atoms with Gasteiger partial charge in [-0.15, -0.1) is 0 Å². The van der Waals surface area contributed by atoms with E-state index in [-0.39, 0.29) is 41.4 Å². The van der Waals surface area contributed by atoms with Crippen LogP contribution in [0, 0.1) is 0 Å². The Bertz CT molecular complexity index is 1090. The Morgan fingerprint density at radius 1 is 0.875 bits per heavy atom. The van der Waals surface area contributed by atoms with E-state index < -0.39 is 17.7 Å². The van der Waals surface area contributed by atoms with Gasteiger partial charge >= 0.3 is 6.18 Å². The molecular weight excluding hydrogens is 415 g/mol. The highest BCUT2D eigenvalue weighted by atomic mass is 19.4. The molecule has 1 heterocycles. The molecule has 1 amide bonds. The van der Waals surface area contributed by atoms with Crippen LogP contribution in [0.1, 0.15) is 74.1 Å². The molecule has 1 aliphatic carbocycles. The van der Waals surface area contributed by atoms with Crippen molar-refractivity contribution in [2.45, 2.75) is 63.5 Å². The van der Waals surface area contributed by atoms with Crippen LogP contribution in [0.15, 0.2) is 59.8 Å². The van der Waals surface area contributed by atoms with Gasteiger partial charge in [0, 0.05) is 30.0 Å². The third-order valence-electron chi connectivity index (χ3n) is 6.43. The van der Waals surface area contributed by atoms with Crippen molar-refractivity contribution in [1.29, 1.82) is 0 Å². The molecular formula is C26H26F3NO2. The van der Waals surface area contributed by atoms with Gasteiger partial charge < -0.3 is 5.32 Å². The topological polar surface area (TPSA) is 46.2 Å². The van der Waals surface area contributed by atoms with Crippen molar-refractivity contribution < 1.29 is 22.8 Å². The van der Waals surface area contributed by atoms with Gasteiger partial charge in [0.05, 0.1) is 5.56 Å². The van der Waals surface area contributed by atoms with Crippen LogP contribution in [0.3, 0.4) is 0 Å². The Hall–Kier alpha value is -2.89. The van der Waals surface area contributed by atoms with Crippen molar-refractivity contribution in [3.8, 4) is 0 Å². The van der Waals surface area contributed by atoms with Gasteiger partial charge in [-0.25, -0.2) is 0 Å². The Labute approximate surface area is 185 Å². The monoisotopic (exact) mass is 441 g/mol. The number of Topliss-reactive ketones (excluding diaryl/α,β-unsaturated/α-hetero) is 1. The van der Waals surface area contributed by atoms with Crippen molar-refractivity contribution in [3.05, 3.63) is 82.1 Å². The summed E-state index contributed by atoms with van der Waals surface area (Å²) < 4.78 is 40.9. The van der Waals surface area contributed by atoms with E-state index in [4.69, 9.17) is 0 Å². The van der Waals surface area contributed by atoms with Crippen LogP contribution >= 0.6 is 0 Å². The highest BCUT2D eigenvalue weighted by molar-refractivity contribution is 6.02. The number of rotatable bonds is 2. The van der Waals surface area contributed by atoms with Gasteiger partial charge in [0.25, 0.3) is 0 Å². The minimum absolute atomic E-state index is 0.00700. The van der Waals surface area contributed by atoms with E-state index in [9.17, 15) is 22.8 Å². The second kappa shape index (κ2) is 7.91. The zero-order valence-electron chi connectivity index (χ0n) is 18.3. The highest BCUT2D eigenvalue weighted by Gasteiger charge is 2.42. The van der Waals surface area contributed by atoms with Gasteiger partial charge in [0.2, 0.25) is 5.91 Å². The molecule has 0 aromatic heterocycles. The van der Waals surface area contributed by atoms with Crippen molar-refractivity contribution in [2.24, 2.45) is 0 Å². The number of ketones is 1. The van der Waals surface area contributed by atoms with Crippen molar-refractivity contribution in [3.63, 3.8) is 0 Å². The summed E-state index contributed by atoms with van der Waals surface area (Å²) >= 11 is 0. The smallest absolute Gasteiger partial charge is 0.329 e. The number of alkyl halides is 3. The van der Waals surface area contributed by atoms with Gasteiger partial charge in [-0.1, -0.05) is 63.2 Å². The summed E-state index contributed by atoms with van der Waals surface area (Å²) in [5.41, 5.74) is 2.16. The SMILES string of the molecule is CC(C)(C)c1ccc(C2CC(=O)C3=C(C2)NC(=O)CC3c2ccccc2C(F)(F)F)cc1. The fourth-order valence-electron chi connectivity index (χ4n) is 4.78. The fraction of sp³-hybridized carbons (Fsp3) is 0.385. The van der Waals surface area contributed by atoms with E-state index in [1.165, 1.54) is 23.8 Å². The maximum atomic E-state index is 13.6. The quantitative estimate of drug-likeness (QED) is 0.621. The summed E-state index contributed by atoms with van der Waals surface area (Å²) in [6, 6.07) is 13.3. The van der Waals surface area contributed by atoms with Gasteiger partial charge in [-0.3, -0.25) is 9.59 Å². The van der Waals surface area contributed by atoms with Gasteiger partial charge in [-0.2, -0.15) is 13.2 Å². The van der Waals surface area contributed by atoms with Crippen molar-refractivity contribution in [2.75, 3.05) is 0 Å². The number of amides is 1. The number of nitrogens with one attached hydrogen (secondary N) is 1. The molecule has 6 heteroatoms. The molecule has 4 rings (SSSR count). The Kier molecular flexibility index (Phi) is 5.51. The minimum atomic E-state index is -4.56. The van der Waals surface area contributed by atoms with Crippen molar-refractivity contribution in [1.82, 2.24) is 5.32 Å². The maximum Gasteiger partial charge on any atom is 0.416 e. The third-order valence-corrected chi connectivity index (χ3v) is 6.43. The molecule has 0 radical (unpaired) electrons. The maximum absolute atomic E-state index is 13.6. The van der Waals surface area contributed by atoms with E-state index in [0.29, 0.717) is 17.7 Å². The van der Waals surface area contributed by atoms with Crippen LogP contribution in [0.5, 0.6) is 0 Å². The van der Waals surface area contributed by atoms with Gasteiger partial charge in [-0.05, 0) is 40.5 Å². The first-order valence-electron chi connectivity index (χ1n) is 10.8. The summed E-state index contributed by atoms with van der Waals surface area (Å²) in [7, 11) is 0. The molecule has 3 nitrogen and oxygen atoms in total. The summed E-state index contributed by atoms with van der Waals surface area (Å²) in [5, 5.41) is 2.78. The Morgan fingerprint density at radius 2 is 1.53 bits per heavy atom. The van der Waals surface area contributed by atoms with Crippen molar-refractivity contribution >= 4 is 11.7 Å². The molecule has 2 unspecified atom stereocenters. The molecule has 2 aromatic carbocycles. The number of benzene rings is 2. The summed E-state index contributed by atoms with van der Waals surface area (Å²) in [4.78, 5) is 25.6. The lowest BCUT2D eigenvalue weighted by molar-refractivity contribution is -0.138. The molecule has 168 valence electrons. The molecule has 2 aliphatic rings. The molecule has 1 aliphatic heterocycles. The summed E-state index contributed by atoms with van der Waals surface area (Å²) in [6.07, 6.45) is -4.08. The van der Waals surface area contributed by atoms with Crippen LogP contribution in [0.25, 0.3) is 0 Å². The number of carbonyl (C=O) groups excluding carboxylic acids is 2. The molecule has 0 spiro atoms. The zero-order chi connectivity index (χ0) is 23.3. The molecule has 0 bridgehead atoms. The first-order chi connectivity index (χ1) is 14.9. The minimum Gasteiger partial charge on any atom is -0.329 e. The number of hydrogen-bond acceptors (Lipinski definition) is 2. The van der Waals surface area contributed by atoms with Crippen LogP contribution in [0.4, 0.5) is 13.2 Å². The second-order valence-corrected chi connectivity index (χ2v) is 9.68. The lowest BCUT2D eigenvalue weighted by Crippen LogP contribution is -2.38. The number of carbonyl (C=O) groups is 2. The largest absolute Gasteiger partial charge is 0.416 e. The first-order valence-corrected chi connectivity index (χ1v) is 10.8. The molecule has 1 N–H and O–H groups in total. The van der Waals surface area contributed by atoms with Crippen LogP contribution in [-0.2, 0) is 21.2 Å². The molecule has 2 aromatic rings. The predicted octanol–water partition coefficient (Wildman–Crippen LogP) is 6.01. The average molecular weight is 441 g/mol. The van der Waals surface area contributed by atoms with E-state index in [2.05, 4.69) is 26.1 Å². The lowest BCUT2D eigenvalue weighted by atomic mass is 9.72. The molecule has 2 atom stereocenters. The van der Waals surface area contributed by atoms with Crippen LogP contribution < -0.4 is 5.32 Å². The highest BCUT2D eigenvalue weighted by Crippen LogP contribution is 2.45. The summed E-state index contributed by atoms with van der Waals surface area (Å²) in [5.74, 6) is -1.55. The van der Waals surface area contributed by atoms with E-state index >= 15 is 0 Å². The second-order valence-electron chi connectivity index (χ2n) is 9.68. The molecule has 0 saturated carbocycles. The average Bonchev–Trinajstić information content (AvgIpc) is 2.71. The third kappa shape index (κ3) is 4.23. The molecule has 0 fully saturated rings. The number of halogens is 3. The molecule has 0 saturated heterocycles. The fourth-order valence-corrected chi connectivity index (χ4v) is 4.78. The normalized spacial score (nSPS) is 21.9. The van der Waals surface area contributed by atoms with E-state index in [0.717, 1.165) is 11.6 Å². The zero-order valence-corrected chi connectivity index (χ0v) is 18.3. The van der Waals surface area contributed by atoms with E-state index in [1.54, 1.807) is 0 Å². The van der Waals surface area contributed by atoms with Crippen LogP contribution in [0.2, 0.25) is 0 Å². The Morgan fingerprint density at radius 3 is 2.16 bits per heavy atom. The summed E-state index contributed by atoms with van der Waals surface area (Å²) in [6.45, 7) is 6.37. The van der Waals surface area contributed by atoms with Gasteiger partial charge in [0.1, 0.15) is 0 Å². The van der Waals surface area contributed by atoms with Crippen LogP contribution in [-0.4, -0.2) is 11.7 Å². The van der Waals surface area contributed by atoms with E-state index in [1.807, 2.05) is 24.3 Å². The number of hydrogen-bond donors (Lipinski definition) is 1. The lowest BCUT2D eigenvalue weighted by Gasteiger charge is -2.35. The first kappa shape index (κ1) is 22.3. The number of allylic oxidation sites excluding steroid dienone is 2. The Balaban J connectivity index is 1.71. The standard InChI is InChI=1S/C26H26F3NO2/c1-25(2,3)17-10-8-15(9-11-17)16-12-21-24(22(31)13-16)19(14-23(32)30-21)18-6-4-5-7-20(18)26(27,28)29/h4-11,16,19H,12-14H2,1-3H3,(H,30,32). The van der Waals surface area contributed by atoms with Gasteiger partial charge in [0.15, 0.2) is 5.78 Å². The molecule has 32 heavy (non-hydrogen) atoms. The predicted molar refractivity (Wildman–Crippen MR) is 116 cm³/mol.